The van der Waals surface area contributed by atoms with Crippen molar-refractivity contribution in [2.24, 2.45) is 0 Å². The van der Waals surface area contributed by atoms with E-state index in [4.69, 9.17) is 13.8 Å². The van der Waals surface area contributed by atoms with Crippen molar-refractivity contribution in [2.75, 3.05) is 6.61 Å². The molecule has 17 heavy (non-hydrogen) atoms. The zero-order chi connectivity index (χ0) is 12.7. The van der Waals surface area contributed by atoms with Gasteiger partial charge >= 0.3 is 14.2 Å². The fourth-order valence-corrected chi connectivity index (χ4v) is 1.73. The highest BCUT2D eigenvalue weighted by molar-refractivity contribution is 7.33. The minimum Gasteiger partial charge on any atom is -0.464 e. The van der Waals surface area contributed by atoms with Crippen LogP contribution in [0.3, 0.4) is 0 Å². The van der Waals surface area contributed by atoms with E-state index in [2.05, 4.69) is 4.98 Å². The summed E-state index contributed by atoms with van der Waals surface area (Å²) in [5.41, 5.74) is 0. The monoisotopic (exact) mass is 259 g/mol. The normalized spacial score (nSPS) is 13.8. The minimum absolute atomic E-state index is 0.247. The van der Waals surface area contributed by atoms with E-state index in [0.717, 1.165) is 0 Å². The van der Waals surface area contributed by atoms with E-state index in [1.54, 1.807) is 25.3 Å². The Labute approximate surface area is 99.9 Å². The lowest BCUT2D eigenvalue weighted by Crippen LogP contribution is -2.21. The van der Waals surface area contributed by atoms with Crippen LogP contribution in [-0.2, 0) is 18.6 Å². The molecule has 0 fully saturated rings. The molecular weight excluding hydrogens is 245 g/mol. The summed E-state index contributed by atoms with van der Waals surface area (Å²) in [5.74, 6) is -0.243. The van der Waals surface area contributed by atoms with Crippen LogP contribution in [0.5, 0.6) is 5.75 Å². The second kappa shape index (κ2) is 7.04. The van der Waals surface area contributed by atoms with Crippen molar-refractivity contribution in [3.05, 3.63) is 24.5 Å². The Morgan fingerprint density at radius 3 is 2.94 bits per heavy atom. The van der Waals surface area contributed by atoms with Crippen LogP contribution in [-0.4, -0.2) is 23.7 Å². The molecule has 1 aromatic heterocycles. The van der Waals surface area contributed by atoms with Crippen LogP contribution in [0.1, 0.15) is 13.8 Å². The number of ether oxygens (including phenoxy) is 1. The van der Waals surface area contributed by atoms with Gasteiger partial charge in [-0.25, -0.2) is 9.36 Å². The van der Waals surface area contributed by atoms with E-state index in [0.29, 0.717) is 5.75 Å². The van der Waals surface area contributed by atoms with Crippen LogP contribution in [0.4, 0.5) is 0 Å². The number of rotatable bonds is 6. The van der Waals surface area contributed by atoms with Gasteiger partial charge in [0.25, 0.3) is 0 Å². The lowest BCUT2D eigenvalue weighted by atomic mass is 10.4. The van der Waals surface area contributed by atoms with E-state index in [9.17, 15) is 9.36 Å². The lowest BCUT2D eigenvalue weighted by molar-refractivity contribution is -0.150. The molecule has 0 aliphatic rings. The summed E-state index contributed by atoms with van der Waals surface area (Å²) in [4.78, 5) is 15.0. The maximum Gasteiger partial charge on any atom is 0.368 e. The molecule has 0 saturated heterocycles. The highest BCUT2D eigenvalue weighted by Crippen LogP contribution is 2.28. The molecule has 94 valence electrons. The van der Waals surface area contributed by atoms with Gasteiger partial charge in [-0.2, -0.15) is 0 Å². The molecule has 0 N–H and O–H groups in total. The Balaban J connectivity index is 2.42. The van der Waals surface area contributed by atoms with E-state index in [-0.39, 0.29) is 6.61 Å². The molecule has 0 aromatic carbocycles. The van der Waals surface area contributed by atoms with Crippen molar-refractivity contribution in [1.82, 2.24) is 4.98 Å². The molecule has 0 aliphatic carbocycles. The second-order valence-corrected chi connectivity index (χ2v) is 3.99. The predicted octanol–water partition coefficient (Wildman–Crippen LogP) is 1.82. The number of esters is 1. The topological polar surface area (TPSA) is 74.7 Å². The summed E-state index contributed by atoms with van der Waals surface area (Å²) in [6, 6.07) is 3.23. The standard InChI is InChI=1S/C10H14NO5P/c1-3-14-10(12)8(2)15-17(13)16-9-5-4-6-11-7-9/h4-8,17H,3H2,1-2H3. The Morgan fingerprint density at radius 2 is 2.35 bits per heavy atom. The van der Waals surface area contributed by atoms with Crippen LogP contribution in [0.2, 0.25) is 0 Å². The number of carbonyl (C=O) groups is 1. The van der Waals surface area contributed by atoms with Crippen molar-refractivity contribution in [1.29, 1.82) is 0 Å². The molecule has 0 aliphatic heterocycles. The number of pyridine rings is 1. The van der Waals surface area contributed by atoms with Gasteiger partial charge in [-0.15, -0.1) is 0 Å². The van der Waals surface area contributed by atoms with E-state index in [1.165, 1.54) is 13.1 Å². The zero-order valence-corrected chi connectivity index (χ0v) is 10.6. The number of aromatic nitrogens is 1. The number of hydrogen-bond acceptors (Lipinski definition) is 6. The highest BCUT2D eigenvalue weighted by Gasteiger charge is 2.18. The quantitative estimate of drug-likeness (QED) is 0.573. The fourth-order valence-electron chi connectivity index (χ4n) is 0.980. The SMILES string of the molecule is CCOC(=O)C(C)O[PH](=O)Oc1cccnc1. The summed E-state index contributed by atoms with van der Waals surface area (Å²) in [6.07, 6.45) is 2.05. The van der Waals surface area contributed by atoms with Crippen molar-refractivity contribution in [3.63, 3.8) is 0 Å². The molecular formula is C10H14NO5P. The molecule has 1 aromatic rings. The van der Waals surface area contributed by atoms with Gasteiger partial charge in [0, 0.05) is 6.20 Å². The van der Waals surface area contributed by atoms with Gasteiger partial charge in [0.1, 0.15) is 5.75 Å². The smallest absolute Gasteiger partial charge is 0.368 e. The van der Waals surface area contributed by atoms with E-state index >= 15 is 0 Å². The Hall–Kier alpha value is -1.39. The highest BCUT2D eigenvalue weighted by atomic mass is 31.1. The van der Waals surface area contributed by atoms with Crippen molar-refractivity contribution in [3.8, 4) is 5.75 Å². The molecule has 0 spiro atoms. The van der Waals surface area contributed by atoms with E-state index < -0.39 is 20.3 Å². The first-order valence-electron chi connectivity index (χ1n) is 5.08. The first-order chi connectivity index (χ1) is 8.13. The molecule has 0 saturated carbocycles. The maximum absolute atomic E-state index is 11.4. The van der Waals surface area contributed by atoms with Crippen LogP contribution in [0.15, 0.2) is 24.5 Å². The van der Waals surface area contributed by atoms with Gasteiger partial charge in [-0.3, -0.25) is 9.51 Å². The summed E-state index contributed by atoms with van der Waals surface area (Å²) >= 11 is 0. The molecule has 0 bridgehead atoms. The second-order valence-electron chi connectivity index (χ2n) is 3.05. The average Bonchev–Trinajstić information content (AvgIpc) is 2.30. The molecule has 6 nitrogen and oxygen atoms in total. The van der Waals surface area contributed by atoms with Gasteiger partial charge < -0.3 is 9.26 Å². The Kier molecular flexibility index (Phi) is 5.66. The number of nitrogens with zero attached hydrogens (tertiary/aromatic N) is 1. The molecule has 2 atom stereocenters. The van der Waals surface area contributed by atoms with Gasteiger partial charge in [0.15, 0.2) is 6.10 Å². The van der Waals surface area contributed by atoms with Gasteiger partial charge in [-0.1, -0.05) is 0 Å². The number of hydrogen-bond donors (Lipinski definition) is 0. The van der Waals surface area contributed by atoms with Crippen LogP contribution in [0.25, 0.3) is 0 Å². The third-order valence-corrected chi connectivity index (χ3v) is 2.68. The lowest BCUT2D eigenvalue weighted by Gasteiger charge is -2.11. The number of carbonyl (C=O) groups excluding carboxylic acids is 1. The Morgan fingerprint density at radius 1 is 1.59 bits per heavy atom. The largest absolute Gasteiger partial charge is 0.464 e. The predicted molar refractivity (Wildman–Crippen MR) is 61.0 cm³/mol. The van der Waals surface area contributed by atoms with Crippen molar-refractivity contribution < 1.29 is 23.1 Å². The van der Waals surface area contributed by atoms with E-state index in [1.807, 2.05) is 0 Å². The summed E-state index contributed by atoms with van der Waals surface area (Å²) in [5, 5.41) is 0. The molecule has 1 heterocycles. The first-order valence-corrected chi connectivity index (χ1v) is 6.31. The minimum atomic E-state index is -2.79. The summed E-state index contributed by atoms with van der Waals surface area (Å²) in [6.45, 7) is 3.38. The van der Waals surface area contributed by atoms with Gasteiger partial charge in [-0.05, 0) is 26.0 Å². The van der Waals surface area contributed by atoms with Gasteiger partial charge in [0.05, 0.1) is 12.8 Å². The van der Waals surface area contributed by atoms with Crippen LogP contribution in [0, 0.1) is 0 Å². The molecule has 1 rings (SSSR count). The third-order valence-electron chi connectivity index (χ3n) is 1.73. The maximum atomic E-state index is 11.4. The summed E-state index contributed by atoms with van der Waals surface area (Å²) < 4.78 is 26.0. The van der Waals surface area contributed by atoms with Crippen molar-refractivity contribution >= 4 is 14.2 Å². The molecule has 2 unspecified atom stereocenters. The fraction of sp³-hybridized carbons (Fsp3) is 0.400. The molecule has 7 heteroatoms. The molecule has 0 radical (unpaired) electrons. The summed E-state index contributed by atoms with van der Waals surface area (Å²) in [7, 11) is -2.79. The first kappa shape index (κ1) is 13.7. The van der Waals surface area contributed by atoms with Crippen LogP contribution >= 0.6 is 8.25 Å². The van der Waals surface area contributed by atoms with Gasteiger partial charge in [0.2, 0.25) is 0 Å². The Bertz CT molecular complexity index is 384. The average molecular weight is 259 g/mol. The third kappa shape index (κ3) is 4.97. The zero-order valence-electron chi connectivity index (χ0n) is 9.58. The molecule has 0 amide bonds. The van der Waals surface area contributed by atoms with Crippen molar-refractivity contribution in [2.45, 2.75) is 20.0 Å². The van der Waals surface area contributed by atoms with Crippen LogP contribution < -0.4 is 4.52 Å².